The third kappa shape index (κ3) is 5.43. The molecule has 1 aromatic carbocycles. The number of likely N-dealkylation sites (tertiary alicyclic amines) is 1. The van der Waals surface area contributed by atoms with Crippen LogP contribution in [0, 0.1) is 11.8 Å². The summed E-state index contributed by atoms with van der Waals surface area (Å²) >= 11 is 3.38. The Kier molecular flexibility index (Phi) is 7.21. The van der Waals surface area contributed by atoms with Crippen LogP contribution >= 0.6 is 15.9 Å². The van der Waals surface area contributed by atoms with E-state index < -0.39 is 0 Å². The predicted molar refractivity (Wildman–Crippen MR) is 126 cm³/mol. The van der Waals surface area contributed by atoms with Gasteiger partial charge in [-0.05, 0) is 70.8 Å². The van der Waals surface area contributed by atoms with E-state index in [0.29, 0.717) is 24.6 Å². The summed E-state index contributed by atoms with van der Waals surface area (Å²) in [6, 6.07) is 12.4. The smallest absolute Gasteiger partial charge is 0.225 e. The first-order chi connectivity index (χ1) is 15.0. The molecule has 0 bridgehead atoms. The highest BCUT2D eigenvalue weighted by Gasteiger charge is 2.35. The molecule has 2 heterocycles. The zero-order valence-corrected chi connectivity index (χ0v) is 19.8. The Morgan fingerprint density at radius 2 is 1.81 bits per heavy atom. The van der Waals surface area contributed by atoms with Crippen molar-refractivity contribution in [3.63, 3.8) is 0 Å². The van der Waals surface area contributed by atoms with Crippen molar-refractivity contribution in [3.8, 4) is 0 Å². The van der Waals surface area contributed by atoms with Crippen molar-refractivity contribution in [2.45, 2.75) is 57.8 Å². The highest BCUT2D eigenvalue weighted by molar-refractivity contribution is 9.10. The average Bonchev–Trinajstić information content (AvgIpc) is 3.34. The molecule has 1 saturated heterocycles. The van der Waals surface area contributed by atoms with Crippen molar-refractivity contribution in [3.05, 3.63) is 63.9 Å². The van der Waals surface area contributed by atoms with Gasteiger partial charge in [0.15, 0.2) is 5.78 Å². The lowest BCUT2D eigenvalue weighted by atomic mass is 9.81. The molecule has 2 unspecified atom stereocenters. The summed E-state index contributed by atoms with van der Waals surface area (Å²) in [5.74, 6) is 0.971. The molecule has 4 nitrogen and oxygen atoms in total. The fraction of sp³-hybridized carbons (Fsp3) is 0.500. The zero-order chi connectivity index (χ0) is 21.8. The molecule has 1 amide bonds. The molecule has 31 heavy (non-hydrogen) atoms. The van der Waals surface area contributed by atoms with Crippen molar-refractivity contribution >= 4 is 27.6 Å². The van der Waals surface area contributed by atoms with Crippen LogP contribution in [0.1, 0.15) is 73.0 Å². The van der Waals surface area contributed by atoms with Gasteiger partial charge in [0.2, 0.25) is 5.91 Å². The quantitative estimate of drug-likeness (QED) is 0.488. The highest BCUT2D eigenvalue weighted by atomic mass is 79.9. The number of carbonyl (C=O) groups is 2. The molecular formula is C26H31BrN2O2. The summed E-state index contributed by atoms with van der Waals surface area (Å²) < 4.78 is 0.866. The van der Waals surface area contributed by atoms with E-state index in [9.17, 15) is 9.59 Å². The number of rotatable bonds is 6. The molecule has 1 aliphatic heterocycles. The fourth-order valence-corrected chi connectivity index (χ4v) is 5.37. The molecule has 2 fully saturated rings. The standard InChI is InChI=1S/C26H31BrN2O2/c1-2-18-7-9-20(10-8-18)22-13-19(14-25(30)24-12-11-23(27)15-28-24)16-29(17-22)26(31)21-5-3-4-6-21/h7-12,15,19,21-22H,2-6,13-14,16-17H2,1H3. The number of piperidine rings is 1. The fourth-order valence-electron chi connectivity index (χ4n) is 5.14. The zero-order valence-electron chi connectivity index (χ0n) is 18.2. The lowest BCUT2D eigenvalue weighted by Gasteiger charge is -2.39. The molecule has 5 heteroatoms. The Hall–Kier alpha value is -2.01. The number of Topliss-reactive ketones (excluding diaryl/α,β-unsaturated/α-hetero) is 1. The van der Waals surface area contributed by atoms with Crippen LogP contribution < -0.4 is 0 Å². The topological polar surface area (TPSA) is 50.3 Å². The van der Waals surface area contributed by atoms with E-state index in [1.54, 1.807) is 12.3 Å². The van der Waals surface area contributed by atoms with E-state index in [4.69, 9.17) is 0 Å². The number of hydrogen-bond acceptors (Lipinski definition) is 3. The lowest BCUT2D eigenvalue weighted by molar-refractivity contribution is -0.137. The number of aromatic nitrogens is 1. The van der Waals surface area contributed by atoms with Gasteiger partial charge < -0.3 is 4.90 Å². The van der Waals surface area contributed by atoms with Crippen LogP contribution in [0.3, 0.4) is 0 Å². The molecule has 1 aliphatic carbocycles. The minimum absolute atomic E-state index is 0.0627. The van der Waals surface area contributed by atoms with Crippen LogP contribution in [-0.2, 0) is 11.2 Å². The molecule has 164 valence electrons. The van der Waals surface area contributed by atoms with Crippen LogP contribution in [0.15, 0.2) is 47.1 Å². The van der Waals surface area contributed by atoms with Crippen molar-refractivity contribution in [1.82, 2.24) is 9.88 Å². The summed E-state index contributed by atoms with van der Waals surface area (Å²) in [6.07, 6.45) is 8.40. The van der Waals surface area contributed by atoms with Gasteiger partial charge in [0.25, 0.3) is 0 Å². The first-order valence-corrected chi connectivity index (χ1v) is 12.3. The Balaban J connectivity index is 1.52. The Morgan fingerprint density at radius 1 is 1.06 bits per heavy atom. The Labute approximate surface area is 193 Å². The van der Waals surface area contributed by atoms with Crippen molar-refractivity contribution in [2.24, 2.45) is 11.8 Å². The second-order valence-corrected chi connectivity index (χ2v) is 10.0. The summed E-state index contributed by atoms with van der Waals surface area (Å²) in [6.45, 7) is 3.61. The van der Waals surface area contributed by atoms with Crippen LogP contribution in [0.25, 0.3) is 0 Å². The third-order valence-electron chi connectivity index (χ3n) is 6.90. The molecular weight excluding hydrogens is 452 g/mol. The first kappa shape index (κ1) is 22.2. The number of halogens is 1. The normalized spacial score (nSPS) is 21.9. The van der Waals surface area contributed by atoms with Gasteiger partial charge in [0.1, 0.15) is 5.69 Å². The minimum Gasteiger partial charge on any atom is -0.342 e. The van der Waals surface area contributed by atoms with Gasteiger partial charge in [-0.1, -0.05) is 44.0 Å². The number of aryl methyl sites for hydroxylation is 1. The maximum atomic E-state index is 13.2. The molecule has 2 aliphatic rings. The Morgan fingerprint density at radius 3 is 2.45 bits per heavy atom. The van der Waals surface area contributed by atoms with Gasteiger partial charge in [0, 0.05) is 42.0 Å². The number of benzene rings is 1. The maximum Gasteiger partial charge on any atom is 0.225 e. The highest BCUT2D eigenvalue weighted by Crippen LogP contribution is 2.35. The monoisotopic (exact) mass is 482 g/mol. The summed E-state index contributed by atoms with van der Waals surface area (Å²) in [5.41, 5.74) is 3.11. The van der Waals surface area contributed by atoms with Crippen LogP contribution in [0.5, 0.6) is 0 Å². The SMILES string of the molecule is CCc1ccc(C2CC(CC(=O)c3ccc(Br)cn3)CN(C(=O)C3CCCC3)C2)cc1. The molecule has 2 aromatic rings. The summed E-state index contributed by atoms with van der Waals surface area (Å²) in [7, 11) is 0. The number of pyridine rings is 1. The van der Waals surface area contributed by atoms with Gasteiger partial charge in [-0.15, -0.1) is 0 Å². The van der Waals surface area contributed by atoms with Crippen molar-refractivity contribution in [1.29, 1.82) is 0 Å². The largest absolute Gasteiger partial charge is 0.342 e. The second-order valence-electron chi connectivity index (χ2n) is 9.11. The van der Waals surface area contributed by atoms with E-state index in [1.165, 1.54) is 11.1 Å². The van der Waals surface area contributed by atoms with Gasteiger partial charge >= 0.3 is 0 Å². The van der Waals surface area contributed by atoms with Crippen molar-refractivity contribution in [2.75, 3.05) is 13.1 Å². The number of hydrogen-bond donors (Lipinski definition) is 0. The van der Waals surface area contributed by atoms with Crippen LogP contribution in [0.2, 0.25) is 0 Å². The van der Waals surface area contributed by atoms with Crippen LogP contribution in [-0.4, -0.2) is 34.7 Å². The molecule has 0 spiro atoms. The van der Waals surface area contributed by atoms with Gasteiger partial charge in [-0.25, -0.2) is 0 Å². The first-order valence-electron chi connectivity index (χ1n) is 11.6. The van der Waals surface area contributed by atoms with Crippen LogP contribution in [0.4, 0.5) is 0 Å². The second kappa shape index (κ2) is 10.1. The molecule has 0 N–H and O–H groups in total. The molecule has 4 rings (SSSR count). The number of nitrogens with zero attached hydrogens (tertiary/aromatic N) is 2. The van der Waals surface area contributed by atoms with E-state index in [0.717, 1.165) is 49.5 Å². The number of amides is 1. The van der Waals surface area contributed by atoms with Crippen molar-refractivity contribution < 1.29 is 9.59 Å². The summed E-state index contributed by atoms with van der Waals surface area (Å²) in [5, 5.41) is 0. The van der Waals surface area contributed by atoms with Gasteiger partial charge in [-0.2, -0.15) is 0 Å². The Bertz CT molecular complexity index is 904. The van der Waals surface area contributed by atoms with E-state index in [-0.39, 0.29) is 23.5 Å². The average molecular weight is 483 g/mol. The molecule has 2 atom stereocenters. The minimum atomic E-state index is 0.0627. The van der Waals surface area contributed by atoms with E-state index >= 15 is 0 Å². The summed E-state index contributed by atoms with van der Waals surface area (Å²) in [4.78, 5) is 32.5. The molecule has 1 aromatic heterocycles. The number of carbonyl (C=O) groups excluding carboxylic acids is 2. The van der Waals surface area contributed by atoms with E-state index in [2.05, 4.69) is 57.0 Å². The van der Waals surface area contributed by atoms with Gasteiger partial charge in [-0.3, -0.25) is 14.6 Å². The lowest BCUT2D eigenvalue weighted by Crippen LogP contribution is -2.45. The predicted octanol–water partition coefficient (Wildman–Crippen LogP) is 5.80. The molecule has 1 saturated carbocycles. The van der Waals surface area contributed by atoms with Gasteiger partial charge in [0.05, 0.1) is 0 Å². The van der Waals surface area contributed by atoms with E-state index in [1.807, 2.05) is 6.07 Å². The number of ketones is 1. The molecule has 0 radical (unpaired) electrons. The maximum absolute atomic E-state index is 13.2. The third-order valence-corrected chi connectivity index (χ3v) is 7.37.